The number of rotatable bonds is 7. The van der Waals surface area contributed by atoms with Gasteiger partial charge in [-0.15, -0.1) is 0 Å². The first kappa shape index (κ1) is 35.2. The van der Waals surface area contributed by atoms with Crippen LogP contribution in [0.2, 0.25) is 0 Å². The summed E-state index contributed by atoms with van der Waals surface area (Å²) in [7, 11) is 0. The molecular weight excluding hydrogens is 743 g/mol. The quantitative estimate of drug-likeness (QED) is 0.162. The maximum Gasteiger partial charge on any atom is 0.143 e. The van der Waals surface area contributed by atoms with Crippen LogP contribution in [0.1, 0.15) is 17.0 Å². The number of hydrogen-bond donors (Lipinski definition) is 0. The molecule has 0 unspecified atom stereocenters. The van der Waals surface area contributed by atoms with Crippen LogP contribution in [-0.4, -0.2) is 14.5 Å². The van der Waals surface area contributed by atoms with Gasteiger partial charge in [0.1, 0.15) is 17.0 Å². The van der Waals surface area contributed by atoms with Crippen molar-refractivity contribution in [2.75, 3.05) is 0 Å². The maximum absolute atomic E-state index is 7.10. The standard InChI is InChI=1S/C57H39N3O/c1-36-24-30-46-45-31-29-42(60-50-23-13-11-20-44(50)48-34-41(27-32-51(48)60)37-14-4-2-5-15-37)35-52(45)61-57(46)54(36)55-39(26-25-38-16-8-9-19-43(38)55)28-33-53-58-49-22-12-10-21-47(49)56(59-53)40-17-6-3-7-18-40/h2-27,29-32,34-35H,28,33H2,1H3. The van der Waals surface area contributed by atoms with Crippen LogP contribution in [0.25, 0.3) is 105 Å². The molecule has 3 aromatic heterocycles. The Morgan fingerprint density at radius 1 is 0.459 bits per heavy atom. The highest BCUT2D eigenvalue weighted by Crippen LogP contribution is 2.44. The van der Waals surface area contributed by atoms with Crippen molar-refractivity contribution >= 4 is 65.4 Å². The van der Waals surface area contributed by atoms with E-state index in [1.807, 2.05) is 6.07 Å². The van der Waals surface area contributed by atoms with Crippen LogP contribution < -0.4 is 0 Å². The molecule has 288 valence electrons. The zero-order chi connectivity index (χ0) is 40.4. The predicted octanol–water partition coefficient (Wildman–Crippen LogP) is 14.9. The number of fused-ring (bicyclic) bond motifs is 8. The molecule has 4 nitrogen and oxygen atoms in total. The predicted molar refractivity (Wildman–Crippen MR) is 254 cm³/mol. The summed E-state index contributed by atoms with van der Waals surface area (Å²) < 4.78 is 9.47. The maximum atomic E-state index is 7.10. The lowest BCUT2D eigenvalue weighted by Gasteiger charge is -2.16. The third-order valence-electron chi connectivity index (χ3n) is 12.5. The molecule has 3 heterocycles. The molecule has 12 aromatic rings. The van der Waals surface area contributed by atoms with E-state index in [4.69, 9.17) is 14.4 Å². The number of aromatic nitrogens is 3. The van der Waals surface area contributed by atoms with E-state index >= 15 is 0 Å². The van der Waals surface area contributed by atoms with E-state index < -0.39 is 0 Å². The Morgan fingerprint density at radius 3 is 2.02 bits per heavy atom. The van der Waals surface area contributed by atoms with E-state index in [0.717, 1.165) is 67.6 Å². The van der Waals surface area contributed by atoms with Gasteiger partial charge in [0.15, 0.2) is 0 Å². The SMILES string of the molecule is Cc1ccc2c(oc3cc(-n4c5ccccc5c5cc(-c6ccccc6)ccc54)ccc32)c1-c1c(CCc2nc(-c3ccccc3)c3ccccc3n2)ccc2ccccc12. The molecule has 0 saturated heterocycles. The van der Waals surface area contributed by atoms with Gasteiger partial charge < -0.3 is 8.98 Å². The van der Waals surface area contributed by atoms with E-state index in [1.54, 1.807) is 0 Å². The van der Waals surface area contributed by atoms with Crippen LogP contribution in [0.4, 0.5) is 0 Å². The number of furan rings is 1. The van der Waals surface area contributed by atoms with Crippen LogP contribution in [0.5, 0.6) is 0 Å². The van der Waals surface area contributed by atoms with Crippen LogP contribution in [0.15, 0.2) is 199 Å². The lowest BCUT2D eigenvalue weighted by molar-refractivity contribution is 0.669. The summed E-state index contributed by atoms with van der Waals surface area (Å²) in [5.74, 6) is 0.837. The Morgan fingerprint density at radius 2 is 1.16 bits per heavy atom. The highest BCUT2D eigenvalue weighted by atomic mass is 16.3. The fraction of sp³-hybridized carbons (Fsp3) is 0.0526. The third kappa shape index (κ3) is 5.83. The molecule has 12 rings (SSSR count). The molecular formula is C57H39N3O. The van der Waals surface area contributed by atoms with E-state index in [2.05, 4.69) is 200 Å². The first-order chi connectivity index (χ1) is 30.2. The number of hydrogen-bond acceptors (Lipinski definition) is 3. The Hall–Kier alpha value is -7.82. The van der Waals surface area contributed by atoms with Crippen molar-refractivity contribution in [3.63, 3.8) is 0 Å². The average Bonchev–Trinajstić information content (AvgIpc) is 3.86. The van der Waals surface area contributed by atoms with E-state index in [1.165, 1.54) is 60.4 Å². The zero-order valence-electron chi connectivity index (χ0n) is 33.6. The summed E-state index contributed by atoms with van der Waals surface area (Å²) in [6.07, 6.45) is 1.47. The molecule has 0 atom stereocenters. The molecule has 0 fully saturated rings. The molecule has 0 aliphatic carbocycles. The molecule has 4 heteroatoms. The van der Waals surface area contributed by atoms with Crippen LogP contribution in [0.3, 0.4) is 0 Å². The Labute approximate surface area is 353 Å². The number of benzene rings is 9. The van der Waals surface area contributed by atoms with Gasteiger partial charge in [0, 0.05) is 56.2 Å². The number of para-hydroxylation sites is 2. The largest absolute Gasteiger partial charge is 0.455 e. The van der Waals surface area contributed by atoms with Gasteiger partial charge >= 0.3 is 0 Å². The van der Waals surface area contributed by atoms with Crippen molar-refractivity contribution < 1.29 is 4.42 Å². The highest BCUT2D eigenvalue weighted by molar-refractivity contribution is 6.15. The second-order valence-corrected chi connectivity index (χ2v) is 16.1. The van der Waals surface area contributed by atoms with Crippen LogP contribution in [0, 0.1) is 6.92 Å². The van der Waals surface area contributed by atoms with Gasteiger partial charge in [0.2, 0.25) is 0 Å². The van der Waals surface area contributed by atoms with Crippen LogP contribution in [-0.2, 0) is 12.8 Å². The first-order valence-corrected chi connectivity index (χ1v) is 21.0. The van der Waals surface area contributed by atoms with E-state index in [-0.39, 0.29) is 0 Å². The number of aryl methyl sites for hydroxylation is 3. The summed E-state index contributed by atoms with van der Waals surface area (Å²) in [6, 6.07) is 69.3. The lowest BCUT2D eigenvalue weighted by Crippen LogP contribution is -2.03. The molecule has 0 N–H and O–H groups in total. The fourth-order valence-corrected chi connectivity index (χ4v) is 9.56. The van der Waals surface area contributed by atoms with Gasteiger partial charge in [-0.3, -0.25) is 0 Å². The zero-order valence-corrected chi connectivity index (χ0v) is 33.6. The molecule has 9 aromatic carbocycles. The van der Waals surface area contributed by atoms with E-state index in [0.29, 0.717) is 6.42 Å². The summed E-state index contributed by atoms with van der Waals surface area (Å²) in [5.41, 5.74) is 15.4. The molecule has 0 radical (unpaired) electrons. The van der Waals surface area contributed by atoms with Gasteiger partial charge in [-0.1, -0.05) is 152 Å². The van der Waals surface area contributed by atoms with Crippen molar-refractivity contribution in [2.24, 2.45) is 0 Å². The molecule has 0 spiro atoms. The number of nitrogens with zero attached hydrogens (tertiary/aromatic N) is 3. The van der Waals surface area contributed by atoms with Gasteiger partial charge in [-0.25, -0.2) is 9.97 Å². The summed E-state index contributed by atoms with van der Waals surface area (Å²) in [6.45, 7) is 2.21. The second kappa shape index (κ2) is 14.2. The Balaban J connectivity index is 0.997. The fourth-order valence-electron chi connectivity index (χ4n) is 9.56. The van der Waals surface area contributed by atoms with Gasteiger partial charge in [-0.2, -0.15) is 0 Å². The van der Waals surface area contributed by atoms with Crippen molar-refractivity contribution in [3.8, 4) is 39.2 Å². The normalized spacial score (nSPS) is 11.8. The average molecular weight is 782 g/mol. The first-order valence-electron chi connectivity index (χ1n) is 21.0. The third-order valence-corrected chi connectivity index (χ3v) is 12.5. The smallest absolute Gasteiger partial charge is 0.143 e. The van der Waals surface area contributed by atoms with Crippen molar-refractivity contribution in [1.29, 1.82) is 0 Å². The minimum absolute atomic E-state index is 0.695. The topological polar surface area (TPSA) is 43.9 Å². The second-order valence-electron chi connectivity index (χ2n) is 16.1. The summed E-state index contributed by atoms with van der Waals surface area (Å²) in [4.78, 5) is 10.3. The van der Waals surface area contributed by atoms with Gasteiger partial charge in [0.05, 0.1) is 22.2 Å². The molecule has 61 heavy (non-hydrogen) atoms. The van der Waals surface area contributed by atoms with E-state index in [9.17, 15) is 0 Å². The minimum Gasteiger partial charge on any atom is -0.455 e. The lowest BCUT2D eigenvalue weighted by atomic mass is 9.88. The molecule has 0 aliphatic heterocycles. The Kier molecular flexibility index (Phi) is 8.17. The highest BCUT2D eigenvalue weighted by Gasteiger charge is 2.21. The Bertz CT molecular complexity index is 3660. The van der Waals surface area contributed by atoms with Crippen molar-refractivity contribution in [3.05, 3.63) is 211 Å². The monoisotopic (exact) mass is 781 g/mol. The summed E-state index contributed by atoms with van der Waals surface area (Å²) >= 11 is 0. The van der Waals surface area contributed by atoms with Gasteiger partial charge in [0.25, 0.3) is 0 Å². The molecule has 0 bridgehead atoms. The van der Waals surface area contributed by atoms with Crippen molar-refractivity contribution in [2.45, 2.75) is 19.8 Å². The summed E-state index contributed by atoms with van der Waals surface area (Å²) in [5, 5.41) is 8.15. The minimum atomic E-state index is 0.695. The van der Waals surface area contributed by atoms with Gasteiger partial charge in [-0.05, 0) is 88.3 Å². The molecule has 0 aliphatic rings. The van der Waals surface area contributed by atoms with Crippen LogP contribution >= 0.6 is 0 Å². The van der Waals surface area contributed by atoms with Crippen molar-refractivity contribution in [1.82, 2.24) is 14.5 Å². The molecule has 0 saturated carbocycles. The molecule has 0 amide bonds.